The van der Waals surface area contributed by atoms with Gasteiger partial charge in [0.1, 0.15) is 17.3 Å². The maximum Gasteiger partial charge on any atom is 0.305 e. The lowest BCUT2D eigenvalue weighted by atomic mass is 10.2. The van der Waals surface area contributed by atoms with Gasteiger partial charge in [0.25, 0.3) is 10.0 Å². The Morgan fingerprint density at radius 1 is 0.952 bits per heavy atom. The monoisotopic (exact) mass is 605 g/mol. The Balaban J connectivity index is 1.64. The molecule has 42 heavy (non-hydrogen) atoms. The number of methoxy groups -OCH3 is 2. The Hall–Kier alpha value is -4.54. The number of carbonyl (C=O) groups excluding carboxylic acids is 1. The molecule has 9 nitrogen and oxygen atoms in total. The number of halogens is 1. The predicted octanol–water partition coefficient (Wildman–Crippen LogP) is 6.49. The predicted molar refractivity (Wildman–Crippen MR) is 162 cm³/mol. The van der Waals surface area contributed by atoms with Crippen molar-refractivity contribution in [2.75, 3.05) is 25.5 Å². The van der Waals surface area contributed by atoms with Gasteiger partial charge < -0.3 is 14.2 Å². The van der Waals surface area contributed by atoms with E-state index >= 15 is 0 Å². The Kier molecular flexibility index (Phi) is 8.65. The molecule has 0 unspecified atom stereocenters. The molecule has 0 spiro atoms. The highest BCUT2D eigenvalue weighted by Crippen LogP contribution is 2.37. The molecular weight excluding hydrogens is 578 g/mol. The van der Waals surface area contributed by atoms with E-state index in [4.69, 9.17) is 30.8 Å². The molecule has 0 saturated heterocycles. The summed E-state index contributed by atoms with van der Waals surface area (Å²) in [5, 5.41) is 0.419. The summed E-state index contributed by atoms with van der Waals surface area (Å²) in [6, 6.07) is 26.5. The molecule has 0 aliphatic carbocycles. The first-order valence-electron chi connectivity index (χ1n) is 13.0. The van der Waals surface area contributed by atoms with Gasteiger partial charge in [-0.3, -0.25) is 14.1 Å². The third kappa shape index (κ3) is 6.35. The number of esters is 1. The van der Waals surface area contributed by atoms with Gasteiger partial charge in [0.05, 0.1) is 42.4 Å². The second kappa shape index (κ2) is 12.5. The summed E-state index contributed by atoms with van der Waals surface area (Å²) in [6.45, 7) is 0.151. The van der Waals surface area contributed by atoms with E-state index in [9.17, 15) is 13.2 Å². The molecule has 1 N–H and O–H groups in total. The first-order valence-corrected chi connectivity index (χ1v) is 14.9. The molecule has 11 heteroatoms. The van der Waals surface area contributed by atoms with Crippen LogP contribution in [-0.2, 0) is 19.6 Å². The molecule has 1 aromatic heterocycles. The van der Waals surface area contributed by atoms with Crippen molar-refractivity contribution < 1.29 is 27.4 Å². The van der Waals surface area contributed by atoms with Crippen LogP contribution in [0.1, 0.15) is 12.8 Å². The van der Waals surface area contributed by atoms with Gasteiger partial charge in [-0.05, 0) is 61.0 Å². The molecule has 0 aliphatic rings. The van der Waals surface area contributed by atoms with Crippen molar-refractivity contribution in [2.24, 2.45) is 0 Å². The Bertz CT molecular complexity index is 1810. The van der Waals surface area contributed by atoms with Gasteiger partial charge in [0.15, 0.2) is 0 Å². The number of ether oxygens (including phenoxy) is 3. The molecule has 0 radical (unpaired) electrons. The fraction of sp³-hybridized carbons (Fsp3) is 0.161. The fourth-order valence-corrected chi connectivity index (χ4v) is 5.58. The van der Waals surface area contributed by atoms with E-state index in [-0.39, 0.29) is 35.3 Å². The van der Waals surface area contributed by atoms with Crippen LogP contribution in [0.4, 0.5) is 5.69 Å². The topological polar surface area (TPSA) is 109 Å². The fourth-order valence-electron chi connectivity index (χ4n) is 4.40. The number of fused-ring (bicyclic) bond motifs is 1. The third-order valence-corrected chi connectivity index (χ3v) is 8.13. The number of hydrogen-bond acceptors (Lipinski definition) is 7. The number of carbonyl (C=O) groups is 1. The summed E-state index contributed by atoms with van der Waals surface area (Å²) >= 11 is 5.97. The summed E-state index contributed by atoms with van der Waals surface area (Å²) in [5.74, 6) is 1.28. The standard InChI is InChI=1S/C31H28ClN3O6S/c1-39-24-14-12-23(13-15-24)35-28-20-29(41-18-6-9-30(36)40-2)27(34-42(37,38)25-16-10-22(32)11-17-25)19-26(28)33-31(35)21-7-4-3-5-8-21/h3-5,7-8,10-17,19-20,34H,6,9,18H2,1-2H3. The molecule has 0 aliphatic heterocycles. The van der Waals surface area contributed by atoms with Crippen LogP contribution in [0.2, 0.25) is 5.02 Å². The average Bonchev–Trinajstić information content (AvgIpc) is 3.37. The van der Waals surface area contributed by atoms with E-state index < -0.39 is 10.0 Å². The lowest BCUT2D eigenvalue weighted by molar-refractivity contribution is -0.140. The number of imidazole rings is 1. The number of rotatable bonds is 11. The maximum atomic E-state index is 13.3. The minimum Gasteiger partial charge on any atom is -0.497 e. The minimum absolute atomic E-state index is 0.0392. The van der Waals surface area contributed by atoms with Crippen molar-refractivity contribution in [2.45, 2.75) is 17.7 Å². The maximum absolute atomic E-state index is 13.3. The van der Waals surface area contributed by atoms with Crippen LogP contribution >= 0.6 is 11.6 Å². The van der Waals surface area contributed by atoms with Crippen molar-refractivity contribution >= 4 is 44.3 Å². The molecule has 0 atom stereocenters. The van der Waals surface area contributed by atoms with Crippen LogP contribution in [0.15, 0.2) is 95.9 Å². The minimum atomic E-state index is -4.00. The molecule has 0 amide bonds. The summed E-state index contributed by atoms with van der Waals surface area (Å²) < 4.78 is 47.4. The lowest BCUT2D eigenvalue weighted by Crippen LogP contribution is -2.14. The molecule has 5 rings (SSSR count). The molecular formula is C31H28ClN3O6S. The molecule has 216 valence electrons. The van der Waals surface area contributed by atoms with E-state index in [0.29, 0.717) is 34.1 Å². The summed E-state index contributed by atoms with van der Waals surface area (Å²) in [5.41, 5.74) is 3.13. The van der Waals surface area contributed by atoms with Crippen LogP contribution in [0.3, 0.4) is 0 Å². The molecule has 0 bridgehead atoms. The zero-order valence-electron chi connectivity index (χ0n) is 22.9. The molecule has 4 aromatic carbocycles. The first-order chi connectivity index (χ1) is 20.3. The molecule has 0 fully saturated rings. The SMILES string of the molecule is COC(=O)CCCOc1cc2c(cc1NS(=O)(=O)c1ccc(Cl)cc1)nc(-c1ccccc1)n2-c1ccc(OC)cc1. The lowest BCUT2D eigenvalue weighted by Gasteiger charge is -2.15. The van der Waals surface area contributed by atoms with E-state index in [1.165, 1.54) is 31.4 Å². The number of nitrogens with one attached hydrogen (secondary N) is 1. The highest BCUT2D eigenvalue weighted by molar-refractivity contribution is 7.92. The summed E-state index contributed by atoms with van der Waals surface area (Å²) in [4.78, 5) is 16.6. The van der Waals surface area contributed by atoms with E-state index in [1.54, 1.807) is 19.2 Å². The Morgan fingerprint density at radius 3 is 2.33 bits per heavy atom. The number of nitrogens with zero attached hydrogens (tertiary/aromatic N) is 2. The molecule has 1 heterocycles. The first kappa shape index (κ1) is 29.0. The van der Waals surface area contributed by atoms with Gasteiger partial charge in [-0.2, -0.15) is 0 Å². The van der Waals surface area contributed by atoms with E-state index in [2.05, 4.69) is 4.72 Å². The van der Waals surface area contributed by atoms with Crippen LogP contribution < -0.4 is 14.2 Å². The number of sulfonamides is 1. The smallest absolute Gasteiger partial charge is 0.305 e. The normalized spacial score (nSPS) is 11.3. The Labute approximate surface area is 248 Å². The number of anilines is 1. The van der Waals surface area contributed by atoms with Gasteiger partial charge >= 0.3 is 5.97 Å². The summed E-state index contributed by atoms with van der Waals surface area (Å²) in [6.07, 6.45) is 0.535. The van der Waals surface area contributed by atoms with Crippen molar-refractivity contribution in [3.05, 3.63) is 96.0 Å². The van der Waals surface area contributed by atoms with Crippen LogP contribution in [0.25, 0.3) is 28.1 Å². The van der Waals surface area contributed by atoms with Crippen LogP contribution in [0, 0.1) is 0 Å². The van der Waals surface area contributed by atoms with Gasteiger partial charge in [-0.25, -0.2) is 13.4 Å². The van der Waals surface area contributed by atoms with Gasteiger partial charge in [-0.15, -0.1) is 0 Å². The number of benzene rings is 4. The van der Waals surface area contributed by atoms with Crippen molar-refractivity contribution in [3.8, 4) is 28.6 Å². The van der Waals surface area contributed by atoms with Crippen molar-refractivity contribution in [3.63, 3.8) is 0 Å². The van der Waals surface area contributed by atoms with Crippen molar-refractivity contribution in [1.82, 2.24) is 9.55 Å². The van der Waals surface area contributed by atoms with Crippen molar-refractivity contribution in [1.29, 1.82) is 0 Å². The molecule has 0 saturated carbocycles. The highest BCUT2D eigenvalue weighted by Gasteiger charge is 2.22. The second-order valence-corrected chi connectivity index (χ2v) is 11.4. The quantitative estimate of drug-likeness (QED) is 0.135. The van der Waals surface area contributed by atoms with Gasteiger partial charge in [0, 0.05) is 28.8 Å². The van der Waals surface area contributed by atoms with E-state index in [0.717, 1.165) is 11.3 Å². The van der Waals surface area contributed by atoms with Crippen LogP contribution in [0.5, 0.6) is 11.5 Å². The average molecular weight is 606 g/mol. The zero-order valence-corrected chi connectivity index (χ0v) is 24.5. The Morgan fingerprint density at radius 2 is 1.67 bits per heavy atom. The highest BCUT2D eigenvalue weighted by atomic mass is 35.5. The largest absolute Gasteiger partial charge is 0.497 e. The zero-order chi connectivity index (χ0) is 29.7. The summed E-state index contributed by atoms with van der Waals surface area (Å²) in [7, 11) is -1.07. The van der Waals surface area contributed by atoms with Crippen LogP contribution in [-0.4, -0.2) is 44.8 Å². The van der Waals surface area contributed by atoms with Gasteiger partial charge in [-0.1, -0.05) is 41.9 Å². The number of hydrogen-bond donors (Lipinski definition) is 1. The molecule has 5 aromatic rings. The van der Waals surface area contributed by atoms with Gasteiger partial charge in [0.2, 0.25) is 0 Å². The second-order valence-electron chi connectivity index (χ2n) is 9.26. The third-order valence-electron chi connectivity index (χ3n) is 6.50. The number of aromatic nitrogens is 2. The van der Waals surface area contributed by atoms with E-state index in [1.807, 2.05) is 59.2 Å².